The van der Waals surface area contributed by atoms with Crippen molar-refractivity contribution < 1.29 is 18.0 Å². The van der Waals surface area contributed by atoms with Gasteiger partial charge in [-0.25, -0.2) is 0 Å². The van der Waals surface area contributed by atoms with Crippen LogP contribution in [0, 0.1) is 5.41 Å². The van der Waals surface area contributed by atoms with Crippen molar-refractivity contribution in [3.8, 4) is 0 Å². The molecule has 1 atom stereocenters. The Morgan fingerprint density at radius 1 is 1.19 bits per heavy atom. The molecule has 1 aliphatic rings. The molecule has 32 heavy (non-hydrogen) atoms. The maximum Gasteiger partial charge on any atom is 0.432 e. The van der Waals surface area contributed by atoms with Crippen molar-refractivity contribution in [2.24, 2.45) is 0 Å². The number of alkyl halides is 3. The lowest BCUT2D eigenvalue weighted by atomic mass is 10.1. The summed E-state index contributed by atoms with van der Waals surface area (Å²) in [7, 11) is 0. The fourth-order valence-corrected chi connectivity index (χ4v) is 4.00. The van der Waals surface area contributed by atoms with Crippen molar-refractivity contribution in [1.82, 2.24) is 4.90 Å². The molecule has 1 unspecified atom stereocenters. The second kappa shape index (κ2) is 10.2. The molecular formula is C24H25ClF3N3O. The number of hydrogen-bond acceptors (Lipinski definition) is 3. The SMILES string of the molecule is CCCC1CCCN1C(=O)c1ccc(/C(=C/C(=N)C(F)(F)F)Nc2ccccc2Cl)cc1. The standard InChI is InChI=1S/C24H25ClF3N3O/c1-2-6-18-7-5-14-31(18)23(32)17-12-10-16(11-13-17)21(15-22(29)24(26,27)28)30-20-9-4-3-8-19(20)25/h3-4,8-13,15,18,29-30H,2,5-7,14H2,1H3/b21-15-,29-22?. The molecule has 8 heteroatoms. The highest BCUT2D eigenvalue weighted by Gasteiger charge is 2.33. The lowest BCUT2D eigenvalue weighted by Crippen LogP contribution is -2.35. The van der Waals surface area contributed by atoms with Gasteiger partial charge < -0.3 is 10.2 Å². The van der Waals surface area contributed by atoms with Crippen LogP contribution in [0.4, 0.5) is 18.9 Å². The van der Waals surface area contributed by atoms with Gasteiger partial charge in [0.1, 0.15) is 5.71 Å². The minimum Gasteiger partial charge on any atom is -0.354 e. The number of nitrogens with zero attached hydrogens (tertiary/aromatic N) is 1. The number of likely N-dealkylation sites (tertiary alicyclic amines) is 1. The molecule has 4 nitrogen and oxygen atoms in total. The molecule has 3 rings (SSSR count). The highest BCUT2D eigenvalue weighted by atomic mass is 35.5. The van der Waals surface area contributed by atoms with Gasteiger partial charge in [-0.2, -0.15) is 13.2 Å². The number of benzene rings is 2. The van der Waals surface area contributed by atoms with Crippen LogP contribution in [0.25, 0.3) is 5.70 Å². The van der Waals surface area contributed by atoms with E-state index in [1.165, 1.54) is 0 Å². The summed E-state index contributed by atoms with van der Waals surface area (Å²) in [6.45, 7) is 2.81. The van der Waals surface area contributed by atoms with E-state index in [-0.39, 0.29) is 17.6 Å². The van der Waals surface area contributed by atoms with Crippen molar-refractivity contribution in [3.63, 3.8) is 0 Å². The third-order valence-corrected chi connectivity index (χ3v) is 5.77. The Balaban J connectivity index is 1.88. The van der Waals surface area contributed by atoms with E-state index in [1.807, 2.05) is 4.90 Å². The van der Waals surface area contributed by atoms with E-state index in [0.29, 0.717) is 28.4 Å². The van der Waals surface area contributed by atoms with E-state index >= 15 is 0 Å². The van der Waals surface area contributed by atoms with Crippen molar-refractivity contribution in [3.05, 3.63) is 70.8 Å². The number of amides is 1. The Morgan fingerprint density at radius 2 is 1.84 bits per heavy atom. The molecule has 0 spiro atoms. The van der Waals surface area contributed by atoms with Gasteiger partial charge in [-0.3, -0.25) is 10.2 Å². The number of nitrogens with one attached hydrogen (secondary N) is 2. The van der Waals surface area contributed by atoms with Crippen LogP contribution in [0.15, 0.2) is 54.6 Å². The molecule has 0 bridgehead atoms. The number of allylic oxidation sites excluding steroid dienone is 1. The molecule has 1 saturated heterocycles. The molecule has 1 heterocycles. The summed E-state index contributed by atoms with van der Waals surface area (Å²) in [5, 5.41) is 10.6. The summed E-state index contributed by atoms with van der Waals surface area (Å²) in [6.07, 6.45) is -0.141. The number of carbonyl (C=O) groups is 1. The Morgan fingerprint density at radius 3 is 2.47 bits per heavy atom. The highest BCUT2D eigenvalue weighted by Crippen LogP contribution is 2.28. The highest BCUT2D eigenvalue weighted by molar-refractivity contribution is 6.33. The van der Waals surface area contributed by atoms with Crippen molar-refractivity contribution in [1.29, 1.82) is 5.41 Å². The number of rotatable bonds is 7. The Kier molecular flexibility index (Phi) is 7.61. The predicted molar refractivity (Wildman–Crippen MR) is 122 cm³/mol. The maximum atomic E-state index is 13.0. The minimum atomic E-state index is -4.78. The van der Waals surface area contributed by atoms with Crippen LogP contribution in [0.2, 0.25) is 5.02 Å². The molecule has 2 aromatic carbocycles. The van der Waals surface area contributed by atoms with Crippen LogP contribution >= 0.6 is 11.6 Å². The normalized spacial score (nSPS) is 16.8. The zero-order valence-corrected chi connectivity index (χ0v) is 18.4. The van der Waals surface area contributed by atoms with Crippen molar-refractivity contribution >= 4 is 34.6 Å². The van der Waals surface area contributed by atoms with Crippen LogP contribution in [0.3, 0.4) is 0 Å². The van der Waals surface area contributed by atoms with Crippen LogP contribution in [-0.4, -0.2) is 35.3 Å². The fraction of sp³-hybridized carbons (Fsp3) is 0.333. The second-order valence-corrected chi connectivity index (χ2v) is 8.14. The first kappa shape index (κ1) is 23.9. The van der Waals surface area contributed by atoms with Gasteiger partial charge in [0.2, 0.25) is 0 Å². The topological polar surface area (TPSA) is 56.2 Å². The predicted octanol–water partition coefficient (Wildman–Crippen LogP) is 6.78. The van der Waals surface area contributed by atoms with E-state index in [1.54, 1.807) is 48.5 Å². The minimum absolute atomic E-state index is 0.0597. The summed E-state index contributed by atoms with van der Waals surface area (Å²) >= 11 is 6.15. The van der Waals surface area contributed by atoms with Gasteiger partial charge in [0.05, 0.1) is 10.7 Å². The van der Waals surface area contributed by atoms with Crippen LogP contribution in [0.1, 0.15) is 48.5 Å². The lowest BCUT2D eigenvalue weighted by molar-refractivity contribution is -0.0583. The van der Waals surface area contributed by atoms with Gasteiger partial charge in [0, 0.05) is 23.8 Å². The Bertz CT molecular complexity index is 1000. The van der Waals surface area contributed by atoms with E-state index < -0.39 is 11.9 Å². The van der Waals surface area contributed by atoms with E-state index in [0.717, 1.165) is 31.8 Å². The van der Waals surface area contributed by atoms with E-state index in [2.05, 4.69) is 12.2 Å². The first-order chi connectivity index (χ1) is 15.2. The van der Waals surface area contributed by atoms with E-state index in [9.17, 15) is 18.0 Å². The van der Waals surface area contributed by atoms with Gasteiger partial charge in [0.15, 0.2) is 0 Å². The lowest BCUT2D eigenvalue weighted by Gasteiger charge is -2.24. The van der Waals surface area contributed by atoms with Crippen LogP contribution in [-0.2, 0) is 0 Å². The number of hydrogen-bond donors (Lipinski definition) is 2. The zero-order valence-electron chi connectivity index (χ0n) is 17.7. The molecule has 1 amide bonds. The molecule has 0 aromatic heterocycles. The second-order valence-electron chi connectivity index (χ2n) is 7.73. The summed E-state index contributed by atoms with van der Waals surface area (Å²) < 4.78 is 39.0. The third kappa shape index (κ3) is 5.71. The quantitative estimate of drug-likeness (QED) is 0.444. The van der Waals surface area contributed by atoms with Crippen LogP contribution < -0.4 is 5.32 Å². The zero-order chi connectivity index (χ0) is 23.3. The molecule has 170 valence electrons. The van der Waals surface area contributed by atoms with Gasteiger partial charge >= 0.3 is 6.18 Å². The largest absolute Gasteiger partial charge is 0.432 e. The van der Waals surface area contributed by atoms with Gasteiger partial charge in [0.25, 0.3) is 5.91 Å². The first-order valence-corrected chi connectivity index (χ1v) is 10.9. The van der Waals surface area contributed by atoms with Gasteiger partial charge in [-0.1, -0.05) is 49.2 Å². The average molecular weight is 464 g/mol. The van der Waals surface area contributed by atoms with Crippen LogP contribution in [0.5, 0.6) is 0 Å². The molecule has 1 aliphatic heterocycles. The molecule has 0 saturated carbocycles. The maximum absolute atomic E-state index is 13.0. The molecule has 0 radical (unpaired) electrons. The molecule has 2 aromatic rings. The molecule has 2 N–H and O–H groups in total. The summed E-state index contributed by atoms with van der Waals surface area (Å²) in [4.78, 5) is 14.8. The van der Waals surface area contributed by atoms with E-state index in [4.69, 9.17) is 17.0 Å². The number of halogens is 4. The number of carbonyl (C=O) groups excluding carboxylic acids is 1. The number of anilines is 1. The van der Waals surface area contributed by atoms with Gasteiger partial charge in [-0.05, 0) is 55.2 Å². The fourth-order valence-electron chi connectivity index (χ4n) is 3.82. The van der Waals surface area contributed by atoms with Crippen molar-refractivity contribution in [2.45, 2.75) is 44.8 Å². The average Bonchev–Trinajstić information content (AvgIpc) is 3.22. The number of para-hydroxylation sites is 1. The molecular weight excluding hydrogens is 439 g/mol. The molecule has 1 fully saturated rings. The first-order valence-electron chi connectivity index (χ1n) is 10.5. The summed E-state index contributed by atoms with van der Waals surface area (Å²) in [6, 6.07) is 13.3. The summed E-state index contributed by atoms with van der Waals surface area (Å²) in [5.41, 5.74) is -0.132. The summed E-state index contributed by atoms with van der Waals surface area (Å²) in [5.74, 6) is -0.0693. The molecule has 0 aliphatic carbocycles. The monoisotopic (exact) mass is 463 g/mol. The van der Waals surface area contributed by atoms with Crippen molar-refractivity contribution in [2.75, 3.05) is 11.9 Å². The smallest absolute Gasteiger partial charge is 0.354 e. The Hall–Kier alpha value is -2.80. The Labute approximate surface area is 190 Å². The van der Waals surface area contributed by atoms with Gasteiger partial charge in [-0.15, -0.1) is 0 Å². The third-order valence-electron chi connectivity index (χ3n) is 5.44.